The van der Waals surface area contributed by atoms with Crippen LogP contribution in [0.2, 0.25) is 0 Å². The lowest BCUT2D eigenvalue weighted by Crippen LogP contribution is -2.11. The number of carbonyl (C=O) groups is 1. The zero-order valence-corrected chi connectivity index (χ0v) is 17.3. The van der Waals surface area contributed by atoms with E-state index in [4.69, 9.17) is 9.15 Å². The van der Waals surface area contributed by atoms with E-state index < -0.39 is 4.92 Å². The van der Waals surface area contributed by atoms with E-state index in [1.54, 1.807) is 30.3 Å². The van der Waals surface area contributed by atoms with Crippen molar-refractivity contribution in [3.63, 3.8) is 0 Å². The Morgan fingerprint density at radius 3 is 2.60 bits per heavy atom. The predicted molar refractivity (Wildman–Crippen MR) is 115 cm³/mol. The van der Waals surface area contributed by atoms with E-state index in [1.807, 2.05) is 7.05 Å². The molecule has 0 unspecified atom stereocenters. The Bertz CT molecular complexity index is 1020. The molecule has 0 aliphatic carbocycles. The van der Waals surface area contributed by atoms with Crippen molar-refractivity contribution in [3.05, 3.63) is 69.5 Å². The van der Waals surface area contributed by atoms with Gasteiger partial charge in [0.1, 0.15) is 17.1 Å². The van der Waals surface area contributed by atoms with Crippen LogP contribution in [-0.4, -0.2) is 30.9 Å². The maximum Gasteiger partial charge on any atom is 0.270 e. The lowest BCUT2D eigenvalue weighted by Gasteiger charge is -2.07. The molecule has 0 spiro atoms. The van der Waals surface area contributed by atoms with Gasteiger partial charge in [-0.15, -0.1) is 0 Å². The first kappa shape index (κ1) is 21.5. The fourth-order valence-electron chi connectivity index (χ4n) is 3.30. The summed E-state index contributed by atoms with van der Waals surface area (Å²) in [6.07, 6.45) is 3.30. The van der Waals surface area contributed by atoms with E-state index in [1.165, 1.54) is 12.1 Å². The summed E-state index contributed by atoms with van der Waals surface area (Å²) < 4.78 is 11.6. The molecule has 158 valence electrons. The first-order valence-corrected chi connectivity index (χ1v) is 10.2. The molecule has 1 aromatic heterocycles. The molecule has 0 aliphatic heterocycles. The van der Waals surface area contributed by atoms with Gasteiger partial charge in [-0.05, 0) is 56.8 Å². The molecular formula is C23H26N2O5. The number of non-ortho nitro benzene ring substituents is 1. The van der Waals surface area contributed by atoms with E-state index in [2.05, 4.69) is 12.2 Å². The van der Waals surface area contributed by atoms with Gasteiger partial charge in [0.2, 0.25) is 0 Å². The zero-order valence-electron chi connectivity index (χ0n) is 17.3. The Morgan fingerprint density at radius 2 is 1.93 bits per heavy atom. The number of hydrogen-bond acceptors (Lipinski definition) is 6. The summed E-state index contributed by atoms with van der Waals surface area (Å²) >= 11 is 0. The van der Waals surface area contributed by atoms with Crippen LogP contribution in [0.15, 0.2) is 46.9 Å². The van der Waals surface area contributed by atoms with Gasteiger partial charge < -0.3 is 14.5 Å². The molecule has 0 amide bonds. The van der Waals surface area contributed by atoms with Crippen LogP contribution in [0.5, 0.6) is 5.75 Å². The van der Waals surface area contributed by atoms with Crippen LogP contribution >= 0.6 is 0 Å². The molecule has 0 fully saturated rings. The number of fused-ring (bicyclic) bond motifs is 1. The molecule has 0 saturated carbocycles. The van der Waals surface area contributed by atoms with Crippen molar-refractivity contribution in [3.8, 4) is 5.75 Å². The summed E-state index contributed by atoms with van der Waals surface area (Å²) in [5.74, 6) is 1.06. The number of ketones is 1. The third-order valence-corrected chi connectivity index (χ3v) is 4.90. The molecule has 7 nitrogen and oxygen atoms in total. The summed E-state index contributed by atoms with van der Waals surface area (Å²) in [7, 11) is 1.89. The van der Waals surface area contributed by atoms with Crippen molar-refractivity contribution in [2.45, 2.75) is 32.6 Å². The van der Waals surface area contributed by atoms with Crippen LogP contribution in [-0.2, 0) is 6.42 Å². The number of furan rings is 1. The lowest BCUT2D eigenvalue weighted by molar-refractivity contribution is -0.384. The molecule has 0 aliphatic rings. The summed E-state index contributed by atoms with van der Waals surface area (Å²) in [5.41, 5.74) is 1.32. The molecule has 3 aromatic rings. The number of nitro benzene ring substituents is 1. The molecule has 30 heavy (non-hydrogen) atoms. The van der Waals surface area contributed by atoms with Gasteiger partial charge in [-0.3, -0.25) is 14.9 Å². The van der Waals surface area contributed by atoms with Crippen LogP contribution in [0, 0.1) is 10.1 Å². The quantitative estimate of drug-likeness (QED) is 0.209. The molecule has 3 rings (SSSR count). The number of hydrogen-bond donors (Lipinski definition) is 1. The molecule has 0 saturated heterocycles. The van der Waals surface area contributed by atoms with Crippen molar-refractivity contribution >= 4 is 22.4 Å². The monoisotopic (exact) mass is 410 g/mol. The third kappa shape index (κ3) is 4.86. The minimum absolute atomic E-state index is 0.0651. The highest BCUT2D eigenvalue weighted by Crippen LogP contribution is 2.32. The van der Waals surface area contributed by atoms with Crippen molar-refractivity contribution in [1.29, 1.82) is 0 Å². The number of benzene rings is 2. The van der Waals surface area contributed by atoms with E-state index >= 15 is 0 Å². The summed E-state index contributed by atoms with van der Waals surface area (Å²) in [5, 5.41) is 14.8. The number of nitro groups is 1. The second kappa shape index (κ2) is 10.0. The SMILES string of the molecule is CCCCc1oc2ccc([N+](=O)[O-])cc2c1C(=O)c1ccc(OCCCNC)cc1. The van der Waals surface area contributed by atoms with Crippen molar-refractivity contribution in [1.82, 2.24) is 5.32 Å². The van der Waals surface area contributed by atoms with Crippen LogP contribution in [0.1, 0.15) is 47.9 Å². The second-order valence-corrected chi connectivity index (χ2v) is 7.10. The second-order valence-electron chi connectivity index (χ2n) is 7.10. The average molecular weight is 410 g/mol. The number of unbranched alkanes of at least 4 members (excludes halogenated alkanes) is 1. The number of carbonyl (C=O) groups excluding carboxylic acids is 1. The molecule has 2 aromatic carbocycles. The topological polar surface area (TPSA) is 94.6 Å². The maximum atomic E-state index is 13.3. The Balaban J connectivity index is 1.92. The smallest absolute Gasteiger partial charge is 0.270 e. The molecular weight excluding hydrogens is 384 g/mol. The van der Waals surface area contributed by atoms with Crippen LogP contribution in [0.25, 0.3) is 11.0 Å². The Hall–Kier alpha value is -3.19. The highest BCUT2D eigenvalue weighted by atomic mass is 16.6. The highest BCUT2D eigenvalue weighted by molar-refractivity contribution is 6.17. The van der Waals surface area contributed by atoms with Crippen LogP contribution in [0.3, 0.4) is 0 Å². The van der Waals surface area contributed by atoms with Gasteiger partial charge >= 0.3 is 0 Å². The summed E-state index contributed by atoms with van der Waals surface area (Å²) in [6.45, 7) is 3.52. The summed E-state index contributed by atoms with van der Waals surface area (Å²) in [4.78, 5) is 24.1. The number of ether oxygens (including phenoxy) is 1. The number of aryl methyl sites for hydroxylation is 1. The van der Waals surface area contributed by atoms with E-state index in [-0.39, 0.29) is 11.5 Å². The Morgan fingerprint density at radius 1 is 1.17 bits per heavy atom. The molecule has 0 atom stereocenters. The van der Waals surface area contributed by atoms with Gasteiger partial charge in [0.15, 0.2) is 5.78 Å². The number of nitrogens with one attached hydrogen (secondary N) is 1. The minimum atomic E-state index is -0.466. The summed E-state index contributed by atoms with van der Waals surface area (Å²) in [6, 6.07) is 11.3. The van der Waals surface area contributed by atoms with Gasteiger partial charge in [0.25, 0.3) is 5.69 Å². The first-order chi connectivity index (χ1) is 14.5. The van der Waals surface area contributed by atoms with E-state index in [0.29, 0.717) is 46.6 Å². The third-order valence-electron chi connectivity index (χ3n) is 4.90. The molecule has 1 N–H and O–H groups in total. The minimum Gasteiger partial charge on any atom is -0.494 e. The zero-order chi connectivity index (χ0) is 21.5. The fourth-order valence-corrected chi connectivity index (χ4v) is 3.30. The van der Waals surface area contributed by atoms with Gasteiger partial charge in [-0.1, -0.05) is 13.3 Å². The number of nitrogens with zero attached hydrogens (tertiary/aromatic N) is 1. The van der Waals surface area contributed by atoms with Gasteiger partial charge in [-0.25, -0.2) is 0 Å². The van der Waals surface area contributed by atoms with Crippen molar-refractivity contribution in [2.24, 2.45) is 0 Å². The number of rotatable bonds is 11. The standard InChI is InChI=1S/C23H26N2O5/c1-3-4-6-21-22(19-15-17(25(27)28)9-12-20(19)30-21)23(26)16-7-10-18(11-8-16)29-14-5-13-24-2/h7-12,15,24H,3-6,13-14H2,1-2H3. The Kier molecular flexibility index (Phi) is 7.19. The molecule has 7 heteroatoms. The maximum absolute atomic E-state index is 13.3. The molecule has 0 bridgehead atoms. The fraction of sp³-hybridized carbons (Fsp3) is 0.348. The van der Waals surface area contributed by atoms with Gasteiger partial charge in [0, 0.05) is 29.5 Å². The average Bonchev–Trinajstić information content (AvgIpc) is 3.12. The Labute approximate surface area is 175 Å². The first-order valence-electron chi connectivity index (χ1n) is 10.2. The largest absolute Gasteiger partial charge is 0.494 e. The lowest BCUT2D eigenvalue weighted by atomic mass is 9.98. The normalized spacial score (nSPS) is 11.0. The van der Waals surface area contributed by atoms with Crippen molar-refractivity contribution < 1.29 is 18.9 Å². The van der Waals surface area contributed by atoms with E-state index in [9.17, 15) is 14.9 Å². The predicted octanol–water partition coefficient (Wildman–Crippen LogP) is 4.90. The van der Waals surface area contributed by atoms with Crippen molar-refractivity contribution in [2.75, 3.05) is 20.2 Å². The molecule has 1 heterocycles. The van der Waals surface area contributed by atoms with Crippen LogP contribution in [0.4, 0.5) is 5.69 Å². The van der Waals surface area contributed by atoms with E-state index in [0.717, 1.165) is 25.8 Å². The van der Waals surface area contributed by atoms with Gasteiger partial charge in [0.05, 0.1) is 17.1 Å². The van der Waals surface area contributed by atoms with Gasteiger partial charge in [-0.2, -0.15) is 0 Å². The highest BCUT2D eigenvalue weighted by Gasteiger charge is 2.23. The van der Waals surface area contributed by atoms with Crippen LogP contribution < -0.4 is 10.1 Å². The molecule has 0 radical (unpaired) electrons.